The highest BCUT2D eigenvalue weighted by molar-refractivity contribution is 6.30. The first-order chi connectivity index (χ1) is 9.33. The van der Waals surface area contributed by atoms with Gasteiger partial charge in [0.05, 0.1) is 0 Å². The van der Waals surface area contributed by atoms with E-state index in [-0.39, 0.29) is 0 Å². The number of hydrazone groups is 1. The molecular formula is C15H14ClN3. The number of hydrogen-bond acceptors (Lipinski definition) is 3. The van der Waals surface area contributed by atoms with Gasteiger partial charge in [0.15, 0.2) is 0 Å². The van der Waals surface area contributed by atoms with Crippen LogP contribution in [0.5, 0.6) is 0 Å². The molecule has 0 atom stereocenters. The molecule has 1 aliphatic rings. The first-order valence-electron chi connectivity index (χ1n) is 6.19. The van der Waals surface area contributed by atoms with Gasteiger partial charge in [0.1, 0.15) is 12.5 Å². The number of anilines is 1. The maximum Gasteiger partial charge on any atom is 0.135 e. The van der Waals surface area contributed by atoms with Crippen LogP contribution in [0, 0.1) is 0 Å². The van der Waals surface area contributed by atoms with E-state index < -0.39 is 0 Å². The van der Waals surface area contributed by atoms with Crippen molar-refractivity contribution in [3.8, 4) is 0 Å². The Hall–Kier alpha value is -2.00. The van der Waals surface area contributed by atoms with Gasteiger partial charge in [-0.1, -0.05) is 41.9 Å². The second-order valence-corrected chi connectivity index (χ2v) is 4.85. The molecule has 0 aliphatic carbocycles. The molecule has 0 unspecified atom stereocenters. The molecule has 96 valence electrons. The predicted octanol–water partition coefficient (Wildman–Crippen LogP) is 3.26. The SMILES string of the molecule is Clc1ccc(CC2=NNCN2c2ccccc2)cc1. The zero-order valence-corrected chi connectivity index (χ0v) is 11.1. The van der Waals surface area contributed by atoms with Crippen LogP contribution in [-0.4, -0.2) is 12.5 Å². The second-order valence-electron chi connectivity index (χ2n) is 4.41. The second kappa shape index (κ2) is 5.33. The predicted molar refractivity (Wildman–Crippen MR) is 79.5 cm³/mol. The molecule has 1 heterocycles. The van der Waals surface area contributed by atoms with Crippen molar-refractivity contribution in [2.24, 2.45) is 5.10 Å². The molecule has 1 N–H and O–H groups in total. The number of nitrogens with zero attached hydrogens (tertiary/aromatic N) is 2. The molecule has 0 fully saturated rings. The van der Waals surface area contributed by atoms with Gasteiger partial charge in [-0.25, -0.2) is 0 Å². The van der Waals surface area contributed by atoms with E-state index in [2.05, 4.69) is 27.6 Å². The van der Waals surface area contributed by atoms with Crippen LogP contribution < -0.4 is 10.3 Å². The van der Waals surface area contributed by atoms with Crippen LogP contribution in [0.2, 0.25) is 5.02 Å². The molecule has 0 saturated carbocycles. The normalized spacial score (nSPS) is 14.2. The van der Waals surface area contributed by atoms with Gasteiger partial charge < -0.3 is 4.90 Å². The van der Waals surface area contributed by atoms with E-state index in [0.29, 0.717) is 6.67 Å². The summed E-state index contributed by atoms with van der Waals surface area (Å²) in [5, 5.41) is 5.13. The van der Waals surface area contributed by atoms with Crippen LogP contribution in [0.1, 0.15) is 5.56 Å². The van der Waals surface area contributed by atoms with Crippen molar-refractivity contribution in [2.75, 3.05) is 11.6 Å². The zero-order chi connectivity index (χ0) is 13.1. The van der Waals surface area contributed by atoms with Gasteiger partial charge in [0, 0.05) is 17.1 Å². The molecule has 0 bridgehead atoms. The quantitative estimate of drug-likeness (QED) is 0.928. The smallest absolute Gasteiger partial charge is 0.135 e. The number of halogens is 1. The summed E-state index contributed by atoms with van der Waals surface area (Å²) in [5.74, 6) is 1.02. The summed E-state index contributed by atoms with van der Waals surface area (Å²) < 4.78 is 0. The monoisotopic (exact) mass is 271 g/mol. The Bertz CT molecular complexity index is 578. The Morgan fingerprint density at radius 2 is 1.79 bits per heavy atom. The molecule has 19 heavy (non-hydrogen) atoms. The molecule has 0 saturated heterocycles. The van der Waals surface area contributed by atoms with Crippen LogP contribution in [-0.2, 0) is 6.42 Å². The molecule has 0 amide bonds. The molecule has 0 radical (unpaired) electrons. The minimum Gasteiger partial charge on any atom is -0.309 e. The molecule has 0 spiro atoms. The average Bonchev–Trinajstić information content (AvgIpc) is 2.90. The Labute approximate surface area is 117 Å². The van der Waals surface area contributed by atoms with Crippen molar-refractivity contribution in [2.45, 2.75) is 6.42 Å². The maximum atomic E-state index is 5.90. The Morgan fingerprint density at radius 1 is 1.05 bits per heavy atom. The van der Waals surface area contributed by atoms with E-state index in [4.69, 9.17) is 11.6 Å². The van der Waals surface area contributed by atoms with E-state index in [1.54, 1.807) is 0 Å². The minimum absolute atomic E-state index is 0.715. The molecule has 3 nitrogen and oxygen atoms in total. The molecule has 2 aromatic carbocycles. The summed E-state index contributed by atoms with van der Waals surface area (Å²) >= 11 is 5.90. The van der Waals surface area contributed by atoms with Crippen molar-refractivity contribution < 1.29 is 0 Å². The molecule has 4 heteroatoms. The maximum absolute atomic E-state index is 5.90. The van der Waals surface area contributed by atoms with Gasteiger partial charge in [0.2, 0.25) is 0 Å². The lowest BCUT2D eigenvalue weighted by atomic mass is 10.1. The number of hydrogen-bond donors (Lipinski definition) is 1. The lowest BCUT2D eigenvalue weighted by molar-refractivity contribution is 0.807. The van der Waals surface area contributed by atoms with Crippen molar-refractivity contribution >= 4 is 23.1 Å². The van der Waals surface area contributed by atoms with E-state index >= 15 is 0 Å². The molecular weight excluding hydrogens is 258 g/mol. The highest BCUT2D eigenvalue weighted by Gasteiger charge is 2.18. The van der Waals surface area contributed by atoms with Gasteiger partial charge in [-0.2, -0.15) is 5.10 Å². The summed E-state index contributed by atoms with van der Waals surface area (Å²) in [6, 6.07) is 18.1. The van der Waals surface area contributed by atoms with E-state index in [0.717, 1.165) is 23.0 Å². The number of rotatable bonds is 3. The fourth-order valence-corrected chi connectivity index (χ4v) is 2.24. The first kappa shape index (κ1) is 12.1. The van der Waals surface area contributed by atoms with Crippen LogP contribution >= 0.6 is 11.6 Å². The van der Waals surface area contributed by atoms with Gasteiger partial charge >= 0.3 is 0 Å². The number of para-hydroxylation sites is 1. The molecule has 0 aromatic heterocycles. The van der Waals surface area contributed by atoms with Gasteiger partial charge in [-0.15, -0.1) is 0 Å². The topological polar surface area (TPSA) is 27.6 Å². The summed E-state index contributed by atoms with van der Waals surface area (Å²) in [4.78, 5) is 2.18. The Morgan fingerprint density at radius 3 is 2.53 bits per heavy atom. The summed E-state index contributed by atoms with van der Waals surface area (Å²) in [6.45, 7) is 0.715. The van der Waals surface area contributed by atoms with Crippen molar-refractivity contribution in [1.29, 1.82) is 0 Å². The minimum atomic E-state index is 0.715. The third-order valence-corrected chi connectivity index (χ3v) is 3.34. The van der Waals surface area contributed by atoms with Gasteiger partial charge in [-0.3, -0.25) is 5.43 Å². The van der Waals surface area contributed by atoms with Crippen LogP contribution in [0.4, 0.5) is 5.69 Å². The van der Waals surface area contributed by atoms with E-state index in [1.165, 1.54) is 5.56 Å². The molecule has 1 aliphatic heterocycles. The Kier molecular flexibility index (Phi) is 3.38. The van der Waals surface area contributed by atoms with E-state index in [1.807, 2.05) is 42.5 Å². The number of nitrogens with one attached hydrogen (secondary N) is 1. The van der Waals surface area contributed by atoms with Crippen LogP contribution in [0.3, 0.4) is 0 Å². The third-order valence-electron chi connectivity index (χ3n) is 3.09. The lowest BCUT2D eigenvalue weighted by Gasteiger charge is -2.19. The highest BCUT2D eigenvalue weighted by atomic mass is 35.5. The van der Waals surface area contributed by atoms with Crippen LogP contribution in [0.25, 0.3) is 0 Å². The van der Waals surface area contributed by atoms with Gasteiger partial charge in [0.25, 0.3) is 0 Å². The standard InChI is InChI=1S/C15H14ClN3/c16-13-8-6-12(7-9-13)10-15-18-17-11-19(15)14-4-2-1-3-5-14/h1-9,17H,10-11H2. The highest BCUT2D eigenvalue weighted by Crippen LogP contribution is 2.18. The van der Waals surface area contributed by atoms with E-state index in [9.17, 15) is 0 Å². The largest absolute Gasteiger partial charge is 0.309 e. The zero-order valence-electron chi connectivity index (χ0n) is 10.4. The Balaban J connectivity index is 1.79. The van der Waals surface area contributed by atoms with Crippen LogP contribution in [0.15, 0.2) is 59.7 Å². The van der Waals surface area contributed by atoms with Crippen molar-refractivity contribution in [3.63, 3.8) is 0 Å². The van der Waals surface area contributed by atoms with Crippen molar-refractivity contribution in [3.05, 3.63) is 65.2 Å². The van der Waals surface area contributed by atoms with Gasteiger partial charge in [-0.05, 0) is 29.8 Å². The fourth-order valence-electron chi connectivity index (χ4n) is 2.12. The van der Waals surface area contributed by atoms with Crippen molar-refractivity contribution in [1.82, 2.24) is 5.43 Å². The summed E-state index contributed by atoms with van der Waals surface area (Å²) in [6.07, 6.45) is 0.791. The molecule has 3 rings (SSSR count). The number of amidine groups is 1. The summed E-state index contributed by atoms with van der Waals surface area (Å²) in [5.41, 5.74) is 5.39. The summed E-state index contributed by atoms with van der Waals surface area (Å²) in [7, 11) is 0. The number of benzene rings is 2. The fraction of sp³-hybridized carbons (Fsp3) is 0.133. The molecule has 2 aromatic rings. The third kappa shape index (κ3) is 2.71. The lowest BCUT2D eigenvalue weighted by Crippen LogP contribution is -2.30. The average molecular weight is 272 g/mol. The first-order valence-corrected chi connectivity index (χ1v) is 6.57.